The molecule has 0 spiro atoms. The molecule has 2 aromatic carbocycles. The second-order valence-electron chi connectivity index (χ2n) is 5.73. The Balaban J connectivity index is 1.98. The fraction of sp³-hybridized carbons (Fsp3) is 0.167. The molecule has 1 heterocycles. The number of nitrogens with one attached hydrogen (secondary N) is 1. The second kappa shape index (κ2) is 6.37. The molecular formula is C18H17N3O4. The van der Waals surface area contributed by atoms with Gasteiger partial charge >= 0.3 is 0 Å². The number of hydrogen-bond acceptors (Lipinski definition) is 5. The first-order chi connectivity index (χ1) is 12.0. The van der Waals surface area contributed by atoms with Crippen LogP contribution in [0.1, 0.15) is 29.3 Å². The summed E-state index contributed by atoms with van der Waals surface area (Å²) in [5.41, 5.74) is 2.82. The predicted octanol–water partition coefficient (Wildman–Crippen LogP) is 2.69. The normalized spacial score (nSPS) is 21.2. The molecule has 1 amide bonds. The van der Waals surface area contributed by atoms with Crippen molar-refractivity contribution in [1.82, 2.24) is 10.4 Å². The molecule has 0 saturated carbocycles. The van der Waals surface area contributed by atoms with E-state index in [1.165, 1.54) is 29.3 Å². The number of allylic oxidation sites excluding steroid dienone is 1. The van der Waals surface area contributed by atoms with Crippen LogP contribution in [0, 0.1) is 10.1 Å². The Hall–Kier alpha value is -3.19. The van der Waals surface area contributed by atoms with Crippen LogP contribution >= 0.6 is 0 Å². The molecule has 7 nitrogen and oxygen atoms in total. The van der Waals surface area contributed by atoms with Gasteiger partial charge in [0.1, 0.15) is 0 Å². The van der Waals surface area contributed by atoms with Crippen LogP contribution in [0.2, 0.25) is 0 Å². The first-order valence-corrected chi connectivity index (χ1v) is 7.74. The zero-order valence-electron chi connectivity index (χ0n) is 13.5. The average molecular weight is 339 g/mol. The molecule has 0 bridgehead atoms. The molecule has 0 radical (unpaired) electrons. The number of nitrogens with zero attached hydrogens (tertiary/aromatic N) is 2. The van der Waals surface area contributed by atoms with E-state index in [0.717, 1.165) is 0 Å². The Labute approximate surface area is 144 Å². The van der Waals surface area contributed by atoms with E-state index >= 15 is 0 Å². The average Bonchev–Trinajstić information content (AvgIpc) is 3.00. The molecule has 1 unspecified atom stereocenters. The Bertz CT molecular complexity index is 833. The molecule has 0 aliphatic carbocycles. The standard InChI is InChI=1S/C18H17N3O4/c1-2-15-12-18(23,14-6-4-3-5-7-14)20(19-15)17(22)13-8-10-16(11-9-13)21(24)25/h2-11,19,23H,12H2,1H3. The first kappa shape index (κ1) is 16.7. The molecule has 25 heavy (non-hydrogen) atoms. The van der Waals surface area contributed by atoms with Crippen molar-refractivity contribution < 1.29 is 14.8 Å². The van der Waals surface area contributed by atoms with Gasteiger partial charge in [0.05, 0.1) is 4.92 Å². The quantitative estimate of drug-likeness (QED) is 0.662. The van der Waals surface area contributed by atoms with Gasteiger partial charge in [0.25, 0.3) is 11.6 Å². The number of hydrazine groups is 1. The lowest BCUT2D eigenvalue weighted by atomic mass is 9.98. The lowest BCUT2D eigenvalue weighted by molar-refractivity contribution is -0.384. The van der Waals surface area contributed by atoms with E-state index in [4.69, 9.17) is 0 Å². The number of non-ortho nitro benzene ring substituents is 1. The van der Waals surface area contributed by atoms with Gasteiger partial charge in [0.2, 0.25) is 0 Å². The van der Waals surface area contributed by atoms with E-state index in [0.29, 0.717) is 11.3 Å². The maximum atomic E-state index is 12.9. The SMILES string of the molecule is CC=C1CC(O)(c2ccccc2)N(C(=O)c2ccc([N+](=O)[O-])cc2)N1. The van der Waals surface area contributed by atoms with Crippen LogP contribution in [0.3, 0.4) is 0 Å². The number of rotatable bonds is 3. The van der Waals surface area contributed by atoms with Crippen LogP contribution in [-0.2, 0) is 5.72 Å². The van der Waals surface area contributed by atoms with Gasteiger partial charge in [0, 0.05) is 35.4 Å². The Kier molecular flexibility index (Phi) is 4.24. The minimum atomic E-state index is -1.54. The molecule has 1 fully saturated rings. The summed E-state index contributed by atoms with van der Waals surface area (Å²) in [7, 11) is 0. The van der Waals surface area contributed by atoms with Crippen LogP contribution in [0.15, 0.2) is 66.4 Å². The summed E-state index contributed by atoms with van der Waals surface area (Å²) in [5.74, 6) is -0.474. The molecular weight excluding hydrogens is 322 g/mol. The number of nitro benzene ring substituents is 1. The van der Waals surface area contributed by atoms with Gasteiger partial charge in [0.15, 0.2) is 5.72 Å². The summed E-state index contributed by atoms with van der Waals surface area (Å²) in [6.45, 7) is 1.81. The fourth-order valence-electron chi connectivity index (χ4n) is 2.80. The van der Waals surface area contributed by atoms with Crippen molar-refractivity contribution in [2.45, 2.75) is 19.1 Å². The molecule has 1 aliphatic rings. The molecule has 2 aromatic rings. The third kappa shape index (κ3) is 2.97. The minimum Gasteiger partial charge on any atom is -0.365 e. The largest absolute Gasteiger partial charge is 0.365 e. The molecule has 1 aliphatic heterocycles. The Morgan fingerprint density at radius 2 is 1.88 bits per heavy atom. The van der Waals surface area contributed by atoms with Gasteiger partial charge < -0.3 is 5.11 Å². The van der Waals surface area contributed by atoms with Crippen LogP contribution in [0.4, 0.5) is 5.69 Å². The molecule has 128 valence electrons. The van der Waals surface area contributed by atoms with Crippen molar-refractivity contribution in [3.05, 3.63) is 87.6 Å². The number of hydrogen-bond donors (Lipinski definition) is 2. The predicted molar refractivity (Wildman–Crippen MR) is 91.1 cm³/mol. The van der Waals surface area contributed by atoms with Gasteiger partial charge in [-0.05, 0) is 19.1 Å². The molecule has 2 N–H and O–H groups in total. The van der Waals surface area contributed by atoms with Crippen LogP contribution in [-0.4, -0.2) is 20.9 Å². The number of amides is 1. The van der Waals surface area contributed by atoms with Crippen molar-refractivity contribution in [1.29, 1.82) is 0 Å². The molecule has 7 heteroatoms. The summed E-state index contributed by atoms with van der Waals surface area (Å²) < 4.78 is 0. The summed E-state index contributed by atoms with van der Waals surface area (Å²) in [6, 6.07) is 14.2. The number of aliphatic hydroxyl groups is 1. The fourth-order valence-corrected chi connectivity index (χ4v) is 2.80. The third-order valence-corrected chi connectivity index (χ3v) is 4.18. The molecule has 3 rings (SSSR count). The van der Waals surface area contributed by atoms with Gasteiger partial charge in [-0.25, -0.2) is 5.01 Å². The summed E-state index contributed by atoms with van der Waals surface area (Å²) in [5, 5.41) is 23.1. The van der Waals surface area contributed by atoms with Crippen molar-refractivity contribution in [3.63, 3.8) is 0 Å². The van der Waals surface area contributed by atoms with Crippen LogP contribution < -0.4 is 5.43 Å². The highest BCUT2D eigenvalue weighted by Gasteiger charge is 2.46. The van der Waals surface area contributed by atoms with Gasteiger partial charge in [-0.1, -0.05) is 36.4 Å². The van der Waals surface area contributed by atoms with E-state index in [-0.39, 0.29) is 17.7 Å². The van der Waals surface area contributed by atoms with E-state index in [1.54, 1.807) is 30.3 Å². The maximum Gasteiger partial charge on any atom is 0.275 e. The lowest BCUT2D eigenvalue weighted by Crippen LogP contribution is -2.49. The van der Waals surface area contributed by atoms with Crippen molar-refractivity contribution in [2.75, 3.05) is 0 Å². The highest BCUT2D eigenvalue weighted by atomic mass is 16.6. The van der Waals surface area contributed by atoms with Gasteiger partial charge in [-0.3, -0.25) is 20.3 Å². The van der Waals surface area contributed by atoms with Crippen molar-refractivity contribution in [2.24, 2.45) is 0 Å². The van der Waals surface area contributed by atoms with E-state index < -0.39 is 16.6 Å². The molecule has 0 aromatic heterocycles. The Morgan fingerprint density at radius 1 is 1.24 bits per heavy atom. The zero-order chi connectivity index (χ0) is 18.0. The Morgan fingerprint density at radius 3 is 2.44 bits per heavy atom. The summed E-state index contributed by atoms with van der Waals surface area (Å²) in [4.78, 5) is 23.1. The third-order valence-electron chi connectivity index (χ3n) is 4.18. The monoisotopic (exact) mass is 339 g/mol. The molecule has 1 atom stereocenters. The lowest BCUT2D eigenvalue weighted by Gasteiger charge is -2.32. The van der Waals surface area contributed by atoms with Crippen molar-refractivity contribution >= 4 is 11.6 Å². The van der Waals surface area contributed by atoms with Crippen molar-refractivity contribution in [3.8, 4) is 0 Å². The van der Waals surface area contributed by atoms with Crippen LogP contribution in [0.5, 0.6) is 0 Å². The van der Waals surface area contributed by atoms with E-state index in [1.807, 2.05) is 13.0 Å². The second-order valence-corrected chi connectivity index (χ2v) is 5.73. The van der Waals surface area contributed by atoms with Gasteiger partial charge in [-0.15, -0.1) is 0 Å². The number of benzene rings is 2. The maximum absolute atomic E-state index is 12.9. The van der Waals surface area contributed by atoms with Crippen LogP contribution in [0.25, 0.3) is 0 Å². The van der Waals surface area contributed by atoms with E-state index in [2.05, 4.69) is 5.43 Å². The topological polar surface area (TPSA) is 95.7 Å². The van der Waals surface area contributed by atoms with E-state index in [9.17, 15) is 20.0 Å². The molecule has 1 saturated heterocycles. The number of carbonyl (C=O) groups is 1. The minimum absolute atomic E-state index is 0.0987. The number of carbonyl (C=O) groups excluding carboxylic acids is 1. The summed E-state index contributed by atoms with van der Waals surface area (Å²) in [6.07, 6.45) is 2.02. The summed E-state index contributed by atoms with van der Waals surface area (Å²) >= 11 is 0. The number of nitro groups is 1. The smallest absolute Gasteiger partial charge is 0.275 e. The highest BCUT2D eigenvalue weighted by Crippen LogP contribution is 2.37. The zero-order valence-corrected chi connectivity index (χ0v) is 13.5. The highest BCUT2D eigenvalue weighted by molar-refractivity contribution is 5.95. The van der Waals surface area contributed by atoms with Gasteiger partial charge in [-0.2, -0.15) is 0 Å². The first-order valence-electron chi connectivity index (χ1n) is 7.74.